The highest BCUT2D eigenvalue weighted by molar-refractivity contribution is 5.81. The van der Waals surface area contributed by atoms with Gasteiger partial charge in [-0.05, 0) is 19.1 Å². The Hall–Kier alpha value is -1.72. The van der Waals surface area contributed by atoms with Crippen LogP contribution in [0.1, 0.15) is 19.8 Å². The molecule has 0 aromatic heterocycles. The second-order valence-corrected chi connectivity index (χ2v) is 4.58. The van der Waals surface area contributed by atoms with E-state index in [1.165, 1.54) is 18.2 Å². The summed E-state index contributed by atoms with van der Waals surface area (Å²) in [6.45, 7) is 2.41. The largest absolute Gasteiger partial charge is 0.573 e. The zero-order valence-corrected chi connectivity index (χ0v) is 10.4. The van der Waals surface area contributed by atoms with E-state index in [-0.39, 0.29) is 17.6 Å². The van der Waals surface area contributed by atoms with E-state index >= 15 is 0 Å². The van der Waals surface area contributed by atoms with Crippen molar-refractivity contribution >= 4 is 11.5 Å². The molecule has 1 aliphatic rings. The SMILES string of the molecule is CC1CC(=O)CCN1c1cccc(OC(F)(F)F)c1. The fraction of sp³-hybridized carbons (Fsp3) is 0.462. The highest BCUT2D eigenvalue weighted by atomic mass is 19.4. The van der Waals surface area contributed by atoms with Crippen molar-refractivity contribution in [3.8, 4) is 5.75 Å². The average molecular weight is 273 g/mol. The number of ether oxygens (including phenoxy) is 1. The zero-order chi connectivity index (χ0) is 14.0. The molecule has 1 aliphatic heterocycles. The number of benzene rings is 1. The molecule has 0 saturated carbocycles. The topological polar surface area (TPSA) is 29.5 Å². The van der Waals surface area contributed by atoms with Crippen LogP contribution in [0.15, 0.2) is 24.3 Å². The normalized spacial score (nSPS) is 20.5. The van der Waals surface area contributed by atoms with Gasteiger partial charge in [0.25, 0.3) is 0 Å². The molecule has 0 N–H and O–H groups in total. The standard InChI is InChI=1S/C13H14F3NO2/c1-9-7-11(18)5-6-17(9)10-3-2-4-12(8-10)19-13(14,15)16/h2-4,8-9H,5-7H2,1H3. The van der Waals surface area contributed by atoms with Crippen molar-refractivity contribution in [1.29, 1.82) is 0 Å². The summed E-state index contributed by atoms with van der Waals surface area (Å²) in [5.74, 6) is -0.0550. The van der Waals surface area contributed by atoms with E-state index in [1.54, 1.807) is 6.07 Å². The van der Waals surface area contributed by atoms with Crippen LogP contribution in [0.4, 0.5) is 18.9 Å². The van der Waals surface area contributed by atoms with Crippen LogP contribution >= 0.6 is 0 Å². The second-order valence-electron chi connectivity index (χ2n) is 4.58. The summed E-state index contributed by atoms with van der Waals surface area (Å²) >= 11 is 0. The number of carbonyl (C=O) groups is 1. The maximum atomic E-state index is 12.2. The van der Waals surface area contributed by atoms with E-state index in [4.69, 9.17) is 0 Å². The quantitative estimate of drug-likeness (QED) is 0.829. The Morgan fingerprint density at radius 1 is 1.37 bits per heavy atom. The number of hydrogen-bond donors (Lipinski definition) is 0. The van der Waals surface area contributed by atoms with Gasteiger partial charge < -0.3 is 9.64 Å². The minimum Gasteiger partial charge on any atom is -0.406 e. The number of anilines is 1. The molecule has 0 spiro atoms. The summed E-state index contributed by atoms with van der Waals surface area (Å²) in [6, 6.07) is 5.83. The van der Waals surface area contributed by atoms with Crippen molar-refractivity contribution in [3.05, 3.63) is 24.3 Å². The van der Waals surface area contributed by atoms with Gasteiger partial charge in [0.15, 0.2) is 0 Å². The van der Waals surface area contributed by atoms with Crippen LogP contribution in [-0.4, -0.2) is 24.7 Å². The number of nitrogens with zero attached hydrogens (tertiary/aromatic N) is 1. The first-order valence-corrected chi connectivity index (χ1v) is 5.99. The molecule has 19 heavy (non-hydrogen) atoms. The Kier molecular flexibility index (Phi) is 3.68. The summed E-state index contributed by atoms with van der Waals surface area (Å²) < 4.78 is 40.4. The fourth-order valence-corrected chi connectivity index (χ4v) is 2.25. The van der Waals surface area contributed by atoms with Gasteiger partial charge in [0.05, 0.1) is 0 Å². The van der Waals surface area contributed by atoms with Gasteiger partial charge in [-0.1, -0.05) is 6.07 Å². The van der Waals surface area contributed by atoms with Crippen molar-refractivity contribution in [3.63, 3.8) is 0 Å². The third-order valence-corrected chi connectivity index (χ3v) is 3.07. The first kappa shape index (κ1) is 13.7. The first-order chi connectivity index (χ1) is 8.85. The van der Waals surface area contributed by atoms with Crippen molar-refractivity contribution in [2.24, 2.45) is 0 Å². The Labute approximate surface area is 109 Å². The molecule has 0 amide bonds. The van der Waals surface area contributed by atoms with Crippen LogP contribution < -0.4 is 9.64 Å². The third-order valence-electron chi connectivity index (χ3n) is 3.07. The van der Waals surface area contributed by atoms with Crippen molar-refractivity contribution in [2.75, 3.05) is 11.4 Å². The minimum absolute atomic E-state index is 0.0117. The van der Waals surface area contributed by atoms with E-state index in [9.17, 15) is 18.0 Å². The molecule has 6 heteroatoms. The fourth-order valence-electron chi connectivity index (χ4n) is 2.25. The monoisotopic (exact) mass is 273 g/mol. The molecule has 1 atom stereocenters. The molecular formula is C13H14F3NO2. The highest BCUT2D eigenvalue weighted by Gasteiger charge is 2.31. The summed E-state index contributed by atoms with van der Waals surface area (Å²) in [7, 11) is 0. The molecule has 3 nitrogen and oxygen atoms in total. The van der Waals surface area contributed by atoms with Gasteiger partial charge in [-0.3, -0.25) is 4.79 Å². The summed E-state index contributed by atoms with van der Waals surface area (Å²) in [4.78, 5) is 13.2. The third kappa shape index (κ3) is 3.62. The molecule has 1 fully saturated rings. The van der Waals surface area contributed by atoms with Gasteiger partial charge in [-0.25, -0.2) is 0 Å². The number of rotatable bonds is 2. The lowest BCUT2D eigenvalue weighted by molar-refractivity contribution is -0.274. The molecule has 0 aliphatic carbocycles. The van der Waals surface area contributed by atoms with Crippen molar-refractivity contribution < 1.29 is 22.7 Å². The van der Waals surface area contributed by atoms with Crippen LogP contribution in [0.5, 0.6) is 5.75 Å². The van der Waals surface area contributed by atoms with Crippen LogP contribution in [0.3, 0.4) is 0 Å². The van der Waals surface area contributed by atoms with Gasteiger partial charge in [-0.15, -0.1) is 13.2 Å². The highest BCUT2D eigenvalue weighted by Crippen LogP contribution is 2.29. The van der Waals surface area contributed by atoms with E-state index in [2.05, 4.69) is 4.74 Å². The molecule has 1 aromatic rings. The summed E-state index contributed by atoms with van der Waals surface area (Å²) in [6.07, 6.45) is -3.85. The van der Waals surface area contributed by atoms with E-state index in [0.29, 0.717) is 25.1 Å². The zero-order valence-electron chi connectivity index (χ0n) is 10.4. The number of carbonyl (C=O) groups excluding carboxylic acids is 1. The molecule has 1 saturated heterocycles. The molecule has 0 radical (unpaired) electrons. The van der Waals surface area contributed by atoms with E-state index < -0.39 is 6.36 Å². The number of ketones is 1. The number of piperidine rings is 1. The number of alkyl halides is 3. The predicted octanol–water partition coefficient (Wildman–Crippen LogP) is 3.14. The summed E-state index contributed by atoms with van der Waals surface area (Å²) in [5, 5.41) is 0. The Bertz CT molecular complexity index is 473. The van der Waals surface area contributed by atoms with Crippen LogP contribution in [0, 0.1) is 0 Å². The van der Waals surface area contributed by atoms with Gasteiger partial charge >= 0.3 is 6.36 Å². The maximum Gasteiger partial charge on any atom is 0.573 e. The minimum atomic E-state index is -4.69. The number of halogens is 3. The second kappa shape index (κ2) is 5.11. The van der Waals surface area contributed by atoms with Crippen LogP contribution in [-0.2, 0) is 4.79 Å². The lowest BCUT2D eigenvalue weighted by Crippen LogP contribution is -2.41. The van der Waals surface area contributed by atoms with Gasteiger partial charge in [0.1, 0.15) is 11.5 Å². The molecule has 0 bridgehead atoms. The molecule has 2 rings (SSSR count). The first-order valence-electron chi connectivity index (χ1n) is 5.99. The van der Waals surface area contributed by atoms with Gasteiger partial charge in [0, 0.05) is 37.2 Å². The lowest BCUT2D eigenvalue weighted by Gasteiger charge is -2.34. The number of Topliss-reactive ketones (excluding diaryl/α,β-unsaturated/α-hetero) is 1. The smallest absolute Gasteiger partial charge is 0.406 e. The van der Waals surface area contributed by atoms with Crippen LogP contribution in [0.2, 0.25) is 0 Å². The lowest BCUT2D eigenvalue weighted by atomic mass is 10.0. The van der Waals surface area contributed by atoms with Crippen LogP contribution in [0.25, 0.3) is 0 Å². The Morgan fingerprint density at radius 3 is 2.74 bits per heavy atom. The molecule has 104 valence electrons. The molecule has 1 unspecified atom stereocenters. The maximum absolute atomic E-state index is 12.2. The van der Waals surface area contributed by atoms with Crippen molar-refractivity contribution in [2.45, 2.75) is 32.2 Å². The molecular weight excluding hydrogens is 259 g/mol. The number of hydrogen-bond acceptors (Lipinski definition) is 3. The van der Waals surface area contributed by atoms with Crippen molar-refractivity contribution in [1.82, 2.24) is 0 Å². The van der Waals surface area contributed by atoms with Gasteiger partial charge in [0.2, 0.25) is 0 Å². The van der Waals surface area contributed by atoms with E-state index in [1.807, 2.05) is 11.8 Å². The molecule has 1 aromatic carbocycles. The Morgan fingerprint density at radius 2 is 2.11 bits per heavy atom. The predicted molar refractivity (Wildman–Crippen MR) is 64.2 cm³/mol. The van der Waals surface area contributed by atoms with Gasteiger partial charge in [-0.2, -0.15) is 0 Å². The summed E-state index contributed by atoms with van der Waals surface area (Å²) in [5.41, 5.74) is 0.641. The Balaban J connectivity index is 2.16. The van der Waals surface area contributed by atoms with E-state index in [0.717, 1.165) is 0 Å². The molecule has 1 heterocycles. The average Bonchev–Trinajstić information content (AvgIpc) is 2.26.